The molecule has 2 heterocycles. The molecule has 0 aliphatic heterocycles. The second-order valence-electron chi connectivity index (χ2n) is 13.2. The highest BCUT2D eigenvalue weighted by Gasteiger charge is 2.35. The standard InChI is InChI=1S/C42H22N2O4/c1-17-3-13-29-27(15-17)41(47)35-37(43-29)23-9-5-19-20-6-10-24-34-26(40(46)36-38(24)44-30-14-4-18(2)16-28(30)42(36)48)12-8-22(32(20)34)21-7-11-25(39(35)45)33(23)31(19)21/h3-16H,1-2H3,(H,43,47)(H,44,48). The van der Waals surface area contributed by atoms with Crippen molar-refractivity contribution in [2.45, 2.75) is 13.8 Å². The quantitative estimate of drug-likeness (QED) is 0.130. The lowest BCUT2D eigenvalue weighted by Crippen LogP contribution is -2.13. The second kappa shape index (κ2) is 8.30. The number of ketones is 2. The Balaban J connectivity index is 1.27. The number of aromatic nitrogens is 2. The van der Waals surface area contributed by atoms with Gasteiger partial charge < -0.3 is 10.2 Å². The van der Waals surface area contributed by atoms with Crippen molar-refractivity contribution in [1.82, 2.24) is 9.97 Å². The van der Waals surface area contributed by atoms with Crippen LogP contribution in [0.4, 0.5) is 0 Å². The first-order valence-electron chi connectivity index (χ1n) is 15.9. The molecule has 2 aromatic heterocycles. The third-order valence-electron chi connectivity index (χ3n) is 10.6. The molecule has 0 radical (unpaired) electrons. The lowest BCUT2D eigenvalue weighted by molar-refractivity contribution is 0.102. The van der Waals surface area contributed by atoms with Crippen molar-refractivity contribution in [2.75, 3.05) is 0 Å². The van der Waals surface area contributed by atoms with Gasteiger partial charge in [0.05, 0.1) is 33.5 Å². The second-order valence-corrected chi connectivity index (χ2v) is 13.2. The summed E-state index contributed by atoms with van der Waals surface area (Å²) in [4.78, 5) is 38.2. The van der Waals surface area contributed by atoms with Gasteiger partial charge in [-0.05, 0) is 82.6 Å². The monoisotopic (exact) mass is 618 g/mol. The van der Waals surface area contributed by atoms with Crippen LogP contribution in [0.25, 0.3) is 87.4 Å². The highest BCUT2D eigenvalue weighted by atomic mass is 16.3. The van der Waals surface area contributed by atoms with E-state index < -0.39 is 0 Å². The van der Waals surface area contributed by atoms with Crippen LogP contribution in [0.5, 0.6) is 11.5 Å². The Morgan fingerprint density at radius 3 is 1.21 bits per heavy atom. The van der Waals surface area contributed by atoms with Crippen LogP contribution in [0.3, 0.4) is 0 Å². The first-order chi connectivity index (χ1) is 23.3. The molecule has 2 aliphatic rings. The minimum absolute atomic E-state index is 0.0418. The Kier molecular flexibility index (Phi) is 4.45. The van der Waals surface area contributed by atoms with E-state index in [2.05, 4.69) is 12.1 Å². The Hall–Kier alpha value is -6.40. The number of carbonyl (C=O) groups is 2. The zero-order valence-electron chi connectivity index (χ0n) is 25.7. The highest BCUT2D eigenvalue weighted by molar-refractivity contribution is 6.41. The summed E-state index contributed by atoms with van der Waals surface area (Å²) in [5.41, 5.74) is 7.30. The number of carbonyl (C=O) groups excluding carboxylic acids is 2. The Morgan fingerprint density at radius 2 is 0.812 bits per heavy atom. The van der Waals surface area contributed by atoms with E-state index in [0.29, 0.717) is 44.3 Å². The van der Waals surface area contributed by atoms with E-state index in [-0.39, 0.29) is 34.2 Å². The van der Waals surface area contributed by atoms with E-state index in [1.807, 2.05) is 86.6 Å². The summed E-state index contributed by atoms with van der Waals surface area (Å²) in [7, 11) is 0. The number of hydrogen-bond acceptors (Lipinski definition) is 6. The molecule has 0 atom stereocenters. The molecule has 6 heteroatoms. The molecule has 6 nitrogen and oxygen atoms in total. The van der Waals surface area contributed by atoms with Crippen LogP contribution in [0.1, 0.15) is 43.0 Å². The third-order valence-corrected chi connectivity index (χ3v) is 10.6. The molecule has 0 amide bonds. The van der Waals surface area contributed by atoms with Crippen molar-refractivity contribution < 1.29 is 19.8 Å². The molecule has 7 aromatic carbocycles. The molecule has 48 heavy (non-hydrogen) atoms. The van der Waals surface area contributed by atoms with Gasteiger partial charge in [-0.1, -0.05) is 59.7 Å². The van der Waals surface area contributed by atoms with E-state index in [4.69, 9.17) is 9.97 Å². The Morgan fingerprint density at radius 1 is 0.438 bits per heavy atom. The number of hydrogen-bond donors (Lipinski definition) is 2. The predicted octanol–water partition coefficient (Wildman–Crippen LogP) is 9.28. The average Bonchev–Trinajstić information content (AvgIpc) is 3.09. The molecule has 224 valence electrons. The summed E-state index contributed by atoms with van der Waals surface area (Å²) < 4.78 is 0. The average molecular weight is 619 g/mol. The number of nitrogens with zero attached hydrogens (tertiary/aromatic N) is 2. The molecule has 11 rings (SSSR count). The molecular formula is C42H22N2O4. The summed E-state index contributed by atoms with van der Waals surface area (Å²) in [5, 5.41) is 31.3. The summed E-state index contributed by atoms with van der Waals surface area (Å²) >= 11 is 0. The van der Waals surface area contributed by atoms with Crippen molar-refractivity contribution in [2.24, 2.45) is 0 Å². The summed E-state index contributed by atoms with van der Waals surface area (Å²) in [5.74, 6) is -0.581. The number of rotatable bonds is 0. The van der Waals surface area contributed by atoms with Crippen molar-refractivity contribution in [3.8, 4) is 34.0 Å². The minimum Gasteiger partial charge on any atom is -0.506 e. The van der Waals surface area contributed by atoms with Gasteiger partial charge in [0.15, 0.2) is 11.6 Å². The van der Waals surface area contributed by atoms with Crippen LogP contribution in [0.15, 0.2) is 84.9 Å². The van der Waals surface area contributed by atoms with E-state index in [0.717, 1.165) is 65.3 Å². The molecule has 0 spiro atoms. The molecule has 0 unspecified atom stereocenters. The number of pyridine rings is 2. The minimum atomic E-state index is -0.249. The van der Waals surface area contributed by atoms with Crippen LogP contribution in [0, 0.1) is 13.8 Å². The van der Waals surface area contributed by atoms with Gasteiger partial charge in [-0.3, -0.25) is 9.59 Å². The van der Waals surface area contributed by atoms with Crippen molar-refractivity contribution in [1.29, 1.82) is 0 Å². The maximum atomic E-state index is 14.2. The fourth-order valence-electron chi connectivity index (χ4n) is 8.47. The van der Waals surface area contributed by atoms with Crippen LogP contribution >= 0.6 is 0 Å². The van der Waals surface area contributed by atoms with Gasteiger partial charge in [-0.25, -0.2) is 9.97 Å². The summed E-state index contributed by atoms with van der Waals surface area (Å²) in [6, 6.07) is 27.2. The number of aromatic hydroxyl groups is 2. The maximum Gasteiger partial charge on any atom is 0.199 e. The first-order valence-corrected chi connectivity index (χ1v) is 15.9. The summed E-state index contributed by atoms with van der Waals surface area (Å²) in [6.07, 6.45) is 0. The van der Waals surface area contributed by atoms with Crippen molar-refractivity contribution >= 4 is 76.5 Å². The molecule has 0 saturated heterocycles. The Labute approximate surface area is 271 Å². The predicted molar refractivity (Wildman–Crippen MR) is 189 cm³/mol. The fraction of sp³-hybridized carbons (Fsp3) is 0.0476. The largest absolute Gasteiger partial charge is 0.506 e. The lowest BCUT2D eigenvalue weighted by Gasteiger charge is -2.26. The van der Waals surface area contributed by atoms with Gasteiger partial charge in [-0.2, -0.15) is 0 Å². The highest BCUT2D eigenvalue weighted by Crippen LogP contribution is 2.52. The van der Waals surface area contributed by atoms with E-state index in [1.165, 1.54) is 0 Å². The normalized spacial score (nSPS) is 13.5. The van der Waals surface area contributed by atoms with Gasteiger partial charge in [0.25, 0.3) is 0 Å². The zero-order chi connectivity index (χ0) is 32.3. The molecule has 0 saturated carbocycles. The van der Waals surface area contributed by atoms with Crippen LogP contribution < -0.4 is 0 Å². The van der Waals surface area contributed by atoms with Gasteiger partial charge >= 0.3 is 0 Å². The molecule has 9 aromatic rings. The third kappa shape index (κ3) is 2.86. The first kappa shape index (κ1) is 25.8. The molecule has 2 aliphatic carbocycles. The molecule has 0 bridgehead atoms. The van der Waals surface area contributed by atoms with Gasteiger partial charge in [0, 0.05) is 43.8 Å². The van der Waals surface area contributed by atoms with E-state index in [1.54, 1.807) is 0 Å². The van der Waals surface area contributed by atoms with Crippen LogP contribution in [0.2, 0.25) is 0 Å². The van der Waals surface area contributed by atoms with Gasteiger partial charge in [0.2, 0.25) is 0 Å². The number of fused-ring (bicyclic) bond motifs is 8. The van der Waals surface area contributed by atoms with Crippen LogP contribution in [-0.4, -0.2) is 31.7 Å². The van der Waals surface area contributed by atoms with Crippen LogP contribution in [-0.2, 0) is 0 Å². The Bertz CT molecular complexity index is 2860. The van der Waals surface area contributed by atoms with Gasteiger partial charge in [-0.15, -0.1) is 0 Å². The fourth-order valence-corrected chi connectivity index (χ4v) is 8.47. The van der Waals surface area contributed by atoms with Crippen molar-refractivity contribution in [3.05, 3.63) is 118 Å². The topological polar surface area (TPSA) is 100 Å². The molecule has 0 fully saturated rings. The maximum absolute atomic E-state index is 14.2. The lowest BCUT2D eigenvalue weighted by atomic mass is 9.77. The van der Waals surface area contributed by atoms with Crippen molar-refractivity contribution in [3.63, 3.8) is 0 Å². The smallest absolute Gasteiger partial charge is 0.199 e. The SMILES string of the molecule is Cc1ccc2nc3c(c(O)c2c1)C(=O)c1ccc2c4ccc5c6c(ccc(c7ccc-3c1c27)c64)-c1nc2ccc(C)cc2c(O)c1C5=O. The van der Waals surface area contributed by atoms with Gasteiger partial charge in [0.1, 0.15) is 11.5 Å². The van der Waals surface area contributed by atoms with E-state index >= 15 is 0 Å². The summed E-state index contributed by atoms with van der Waals surface area (Å²) in [6.45, 7) is 3.89. The number of aryl methyl sites for hydroxylation is 2. The molecular weight excluding hydrogens is 596 g/mol. The zero-order valence-corrected chi connectivity index (χ0v) is 25.7. The van der Waals surface area contributed by atoms with E-state index in [9.17, 15) is 19.8 Å². The molecule has 2 N–H and O–H groups in total. The number of benzene rings is 7.